The average Bonchev–Trinajstić information content (AvgIpc) is 3.25. The Morgan fingerprint density at radius 2 is 2.14 bits per heavy atom. The molecule has 1 aromatic carbocycles. The first-order valence-corrected chi connectivity index (χ1v) is 6.93. The molecule has 1 fully saturated rings. The van der Waals surface area contributed by atoms with E-state index in [1.165, 1.54) is 18.2 Å². The third-order valence-electron chi connectivity index (χ3n) is 4.33. The number of nitro groups is 1. The average molecular weight is 292 g/mol. The number of carbonyl (C=O) groups excluding carboxylic acids is 1. The van der Waals surface area contributed by atoms with Crippen LogP contribution in [0.5, 0.6) is 0 Å². The Bertz CT molecular complexity index is 567. The van der Waals surface area contributed by atoms with E-state index in [9.17, 15) is 14.9 Å². The van der Waals surface area contributed by atoms with Gasteiger partial charge in [-0.1, -0.05) is 13.8 Å². The molecule has 0 heterocycles. The lowest BCUT2D eigenvalue weighted by molar-refractivity contribution is -0.384. The Labute approximate surface area is 123 Å². The van der Waals surface area contributed by atoms with E-state index in [1.54, 1.807) is 0 Å². The molecule has 0 unspecified atom stereocenters. The molecular weight excluding hydrogens is 272 g/mol. The van der Waals surface area contributed by atoms with Gasteiger partial charge in [0.2, 0.25) is 0 Å². The van der Waals surface area contributed by atoms with Gasteiger partial charge in [-0.3, -0.25) is 20.8 Å². The largest absolute Gasteiger partial charge is 0.351 e. The van der Waals surface area contributed by atoms with Gasteiger partial charge < -0.3 is 10.7 Å². The van der Waals surface area contributed by atoms with Gasteiger partial charge in [0.15, 0.2) is 0 Å². The van der Waals surface area contributed by atoms with Crippen molar-refractivity contribution in [3.8, 4) is 0 Å². The molecule has 0 bridgehead atoms. The first-order chi connectivity index (χ1) is 9.89. The third kappa shape index (κ3) is 3.13. The fourth-order valence-corrected chi connectivity index (χ4v) is 2.42. The number of nitrogen functional groups attached to an aromatic ring is 1. The number of nitro benzene ring substituents is 1. The summed E-state index contributed by atoms with van der Waals surface area (Å²) in [7, 11) is 0. The Kier molecular flexibility index (Phi) is 4.13. The number of anilines is 1. The third-order valence-corrected chi connectivity index (χ3v) is 4.33. The zero-order valence-corrected chi connectivity index (χ0v) is 12.2. The summed E-state index contributed by atoms with van der Waals surface area (Å²) in [6, 6.07) is 4.19. The van der Waals surface area contributed by atoms with E-state index >= 15 is 0 Å². The molecule has 21 heavy (non-hydrogen) atoms. The standard InChI is InChI=1S/C14H20N4O3/c1-9(2)14(5-6-14)8-16-13(19)10-3-4-11(17-15)12(7-10)18(20)21/h3-4,7,9,17H,5-6,8,15H2,1-2H3,(H,16,19). The molecule has 0 saturated heterocycles. The minimum Gasteiger partial charge on any atom is -0.351 e. The van der Waals surface area contributed by atoms with Crippen molar-refractivity contribution in [2.45, 2.75) is 26.7 Å². The first kappa shape index (κ1) is 15.2. The summed E-state index contributed by atoms with van der Waals surface area (Å²) in [4.78, 5) is 22.5. The van der Waals surface area contributed by atoms with Gasteiger partial charge in [-0.05, 0) is 36.3 Å². The highest BCUT2D eigenvalue weighted by Gasteiger charge is 2.45. The van der Waals surface area contributed by atoms with Crippen molar-refractivity contribution in [3.05, 3.63) is 33.9 Å². The SMILES string of the molecule is CC(C)C1(CNC(=O)c2ccc(NN)c([N+](=O)[O-])c2)CC1. The van der Waals surface area contributed by atoms with Crippen LogP contribution in [-0.4, -0.2) is 17.4 Å². The van der Waals surface area contributed by atoms with Gasteiger partial charge in [-0.15, -0.1) is 0 Å². The van der Waals surface area contributed by atoms with E-state index in [0.717, 1.165) is 12.8 Å². The van der Waals surface area contributed by atoms with Crippen molar-refractivity contribution in [1.29, 1.82) is 0 Å². The Hall–Kier alpha value is -2.15. The van der Waals surface area contributed by atoms with E-state index in [0.29, 0.717) is 12.5 Å². The van der Waals surface area contributed by atoms with Crippen LogP contribution in [0.1, 0.15) is 37.0 Å². The lowest BCUT2D eigenvalue weighted by Gasteiger charge is -2.20. The van der Waals surface area contributed by atoms with Crippen LogP contribution >= 0.6 is 0 Å². The van der Waals surface area contributed by atoms with Gasteiger partial charge in [0.1, 0.15) is 5.69 Å². The lowest BCUT2D eigenvalue weighted by atomic mass is 9.92. The fraction of sp³-hybridized carbons (Fsp3) is 0.500. The van der Waals surface area contributed by atoms with Crippen molar-refractivity contribution in [2.75, 3.05) is 12.0 Å². The van der Waals surface area contributed by atoms with Gasteiger partial charge in [-0.2, -0.15) is 0 Å². The quantitative estimate of drug-likeness (QED) is 0.422. The van der Waals surface area contributed by atoms with Crippen LogP contribution in [0.3, 0.4) is 0 Å². The molecule has 1 aliphatic carbocycles. The number of benzene rings is 1. The number of hydrazine groups is 1. The van der Waals surface area contributed by atoms with Crippen molar-refractivity contribution in [3.63, 3.8) is 0 Å². The summed E-state index contributed by atoms with van der Waals surface area (Å²) in [5.74, 6) is 5.43. The van der Waals surface area contributed by atoms with Crippen molar-refractivity contribution in [2.24, 2.45) is 17.2 Å². The minimum atomic E-state index is -0.567. The summed E-state index contributed by atoms with van der Waals surface area (Å²) in [5.41, 5.74) is 2.68. The number of nitrogens with one attached hydrogen (secondary N) is 2. The molecule has 0 radical (unpaired) electrons. The second kappa shape index (κ2) is 5.69. The fourth-order valence-electron chi connectivity index (χ4n) is 2.42. The van der Waals surface area contributed by atoms with Crippen molar-refractivity contribution >= 4 is 17.3 Å². The molecule has 0 aromatic heterocycles. The van der Waals surface area contributed by atoms with Gasteiger partial charge in [0.05, 0.1) is 4.92 Å². The molecule has 2 rings (SSSR count). The number of hydrogen-bond donors (Lipinski definition) is 3. The summed E-state index contributed by atoms with van der Waals surface area (Å²) < 4.78 is 0. The van der Waals surface area contributed by atoms with Crippen LogP contribution in [0.25, 0.3) is 0 Å². The number of nitrogens with two attached hydrogens (primary N) is 1. The molecule has 1 saturated carbocycles. The maximum Gasteiger partial charge on any atom is 0.294 e. The number of nitrogens with zero attached hydrogens (tertiary/aromatic N) is 1. The van der Waals surface area contributed by atoms with Crippen LogP contribution in [0, 0.1) is 21.4 Å². The second-order valence-corrected chi connectivity index (χ2v) is 5.83. The van der Waals surface area contributed by atoms with Gasteiger partial charge in [0.25, 0.3) is 11.6 Å². The highest BCUT2D eigenvalue weighted by molar-refractivity contribution is 5.95. The van der Waals surface area contributed by atoms with Crippen LogP contribution < -0.4 is 16.6 Å². The molecule has 114 valence electrons. The lowest BCUT2D eigenvalue weighted by Crippen LogP contribution is -2.32. The molecular formula is C14H20N4O3. The topological polar surface area (TPSA) is 110 Å². The molecule has 1 aliphatic rings. The number of amides is 1. The van der Waals surface area contributed by atoms with E-state index < -0.39 is 4.92 Å². The first-order valence-electron chi connectivity index (χ1n) is 6.93. The van der Waals surface area contributed by atoms with Crippen molar-refractivity contribution in [1.82, 2.24) is 5.32 Å². The Morgan fingerprint density at radius 1 is 1.48 bits per heavy atom. The van der Waals surface area contributed by atoms with Crippen LogP contribution in [0.2, 0.25) is 0 Å². The summed E-state index contributed by atoms with van der Waals surface area (Å²) >= 11 is 0. The molecule has 4 N–H and O–H groups in total. The minimum absolute atomic E-state index is 0.178. The smallest absolute Gasteiger partial charge is 0.294 e. The normalized spacial score (nSPS) is 15.6. The van der Waals surface area contributed by atoms with Gasteiger partial charge in [-0.25, -0.2) is 0 Å². The molecule has 7 nitrogen and oxygen atoms in total. The highest BCUT2D eigenvalue weighted by Crippen LogP contribution is 2.51. The maximum atomic E-state index is 12.1. The van der Waals surface area contributed by atoms with Crippen molar-refractivity contribution < 1.29 is 9.72 Å². The molecule has 0 atom stereocenters. The number of hydrogen-bond acceptors (Lipinski definition) is 5. The molecule has 1 aromatic rings. The molecule has 1 amide bonds. The summed E-state index contributed by atoms with van der Waals surface area (Å²) in [5, 5.41) is 13.8. The van der Waals surface area contributed by atoms with Crippen LogP contribution in [0.15, 0.2) is 18.2 Å². The zero-order chi connectivity index (χ0) is 15.6. The van der Waals surface area contributed by atoms with Crippen LogP contribution in [-0.2, 0) is 0 Å². The number of carbonyl (C=O) groups is 1. The Balaban J connectivity index is 2.09. The molecule has 0 aliphatic heterocycles. The predicted octanol–water partition coefficient (Wildman–Crippen LogP) is 2.05. The van der Waals surface area contributed by atoms with E-state index in [1.807, 2.05) is 0 Å². The maximum absolute atomic E-state index is 12.1. The summed E-state index contributed by atoms with van der Waals surface area (Å²) in [6.07, 6.45) is 2.22. The monoisotopic (exact) mass is 292 g/mol. The van der Waals surface area contributed by atoms with E-state index in [-0.39, 0.29) is 28.3 Å². The molecule has 7 heteroatoms. The number of rotatable bonds is 6. The Morgan fingerprint density at radius 3 is 2.62 bits per heavy atom. The van der Waals surface area contributed by atoms with Gasteiger partial charge in [0, 0.05) is 18.2 Å². The zero-order valence-electron chi connectivity index (χ0n) is 12.2. The second-order valence-electron chi connectivity index (χ2n) is 5.83. The van der Waals surface area contributed by atoms with E-state index in [4.69, 9.17) is 5.84 Å². The van der Waals surface area contributed by atoms with E-state index in [2.05, 4.69) is 24.6 Å². The van der Waals surface area contributed by atoms with Gasteiger partial charge >= 0.3 is 0 Å². The highest BCUT2D eigenvalue weighted by atomic mass is 16.6. The summed E-state index contributed by atoms with van der Waals surface area (Å²) in [6.45, 7) is 4.89. The molecule has 0 spiro atoms. The predicted molar refractivity (Wildman–Crippen MR) is 79.7 cm³/mol. The van der Waals surface area contributed by atoms with Crippen LogP contribution in [0.4, 0.5) is 11.4 Å².